The van der Waals surface area contributed by atoms with E-state index in [1.165, 1.54) is 5.71 Å². The molecule has 200 valence electrons. The average Bonchev–Trinajstić information content (AvgIpc) is 3.57. The Labute approximate surface area is 216 Å². The fourth-order valence-corrected chi connectivity index (χ4v) is 2.53. The SMILES string of the molecule is CC(C)(C)C1=NN=CC1.CC(C)(C)c1ncc[nH]1.CC(C)(C)n1ccnc1.CC(C)(C)n1cnnn1. The minimum Gasteiger partial charge on any atom is -0.348 e. The van der Waals surface area contributed by atoms with Crippen molar-refractivity contribution in [3.05, 3.63) is 43.3 Å². The molecule has 0 aromatic carbocycles. The molecule has 0 atom stereocenters. The third-order valence-corrected chi connectivity index (χ3v) is 4.93. The van der Waals surface area contributed by atoms with Gasteiger partial charge in [-0.05, 0) is 52.0 Å². The van der Waals surface area contributed by atoms with Gasteiger partial charge in [-0.15, -0.1) is 5.10 Å². The maximum atomic E-state index is 4.13. The van der Waals surface area contributed by atoms with E-state index in [9.17, 15) is 0 Å². The lowest BCUT2D eigenvalue weighted by Gasteiger charge is -2.19. The zero-order chi connectivity index (χ0) is 27.6. The summed E-state index contributed by atoms with van der Waals surface area (Å²) in [5.41, 5.74) is 1.72. The zero-order valence-electron chi connectivity index (χ0n) is 24.3. The van der Waals surface area contributed by atoms with Crippen LogP contribution in [0.3, 0.4) is 0 Å². The van der Waals surface area contributed by atoms with Gasteiger partial charge in [0.1, 0.15) is 12.2 Å². The van der Waals surface area contributed by atoms with Crippen LogP contribution in [0.2, 0.25) is 0 Å². The molecule has 3 aromatic rings. The van der Waals surface area contributed by atoms with Crippen LogP contribution in [0, 0.1) is 5.41 Å². The number of aromatic nitrogens is 8. The molecule has 0 aliphatic carbocycles. The van der Waals surface area contributed by atoms with Crippen LogP contribution in [-0.4, -0.2) is 51.7 Å². The maximum Gasteiger partial charge on any atom is 0.138 e. The molecule has 36 heavy (non-hydrogen) atoms. The Morgan fingerprint density at radius 2 is 1.47 bits per heavy atom. The molecular weight excluding hydrogens is 452 g/mol. The van der Waals surface area contributed by atoms with Gasteiger partial charge < -0.3 is 9.55 Å². The molecule has 1 N–H and O–H groups in total. The molecule has 0 fully saturated rings. The Kier molecular flexibility index (Phi) is 10.9. The van der Waals surface area contributed by atoms with Crippen molar-refractivity contribution in [2.24, 2.45) is 15.6 Å². The van der Waals surface area contributed by atoms with Crippen LogP contribution in [0.4, 0.5) is 0 Å². The van der Waals surface area contributed by atoms with Crippen molar-refractivity contribution < 1.29 is 0 Å². The van der Waals surface area contributed by atoms with Crippen LogP contribution in [0.1, 0.15) is 95.3 Å². The summed E-state index contributed by atoms with van der Waals surface area (Å²) >= 11 is 0. The fourth-order valence-electron chi connectivity index (χ4n) is 2.53. The molecule has 1 aliphatic heterocycles. The first kappa shape index (κ1) is 30.9. The van der Waals surface area contributed by atoms with E-state index < -0.39 is 0 Å². The van der Waals surface area contributed by atoms with E-state index in [0.717, 1.165) is 12.2 Å². The third kappa shape index (κ3) is 11.5. The molecule has 1 aliphatic rings. The van der Waals surface area contributed by atoms with Gasteiger partial charge in [-0.2, -0.15) is 10.2 Å². The van der Waals surface area contributed by atoms with E-state index in [1.807, 2.05) is 45.7 Å². The first-order chi connectivity index (χ1) is 16.4. The lowest BCUT2D eigenvalue weighted by molar-refractivity contribution is 0.346. The van der Waals surface area contributed by atoms with Crippen molar-refractivity contribution in [3.8, 4) is 0 Å². The fraction of sp³-hybridized carbons (Fsp3) is 0.654. The van der Waals surface area contributed by atoms with Crippen LogP contribution in [0.5, 0.6) is 0 Å². The summed E-state index contributed by atoms with van der Waals surface area (Å²) in [6, 6.07) is 0. The Morgan fingerprint density at radius 3 is 1.69 bits per heavy atom. The molecule has 0 unspecified atom stereocenters. The average molecular weight is 499 g/mol. The van der Waals surface area contributed by atoms with Gasteiger partial charge in [0.25, 0.3) is 0 Å². The summed E-state index contributed by atoms with van der Waals surface area (Å²) in [6.07, 6.45) is 13.6. The van der Waals surface area contributed by atoms with Crippen LogP contribution < -0.4 is 0 Å². The summed E-state index contributed by atoms with van der Waals surface area (Å²) in [5, 5.41) is 18.6. The second kappa shape index (κ2) is 12.7. The molecule has 10 heteroatoms. The molecule has 0 saturated heterocycles. The summed E-state index contributed by atoms with van der Waals surface area (Å²) in [4.78, 5) is 11.1. The molecule has 0 amide bonds. The highest BCUT2D eigenvalue weighted by atomic mass is 15.5. The molecule has 4 rings (SSSR count). The van der Waals surface area contributed by atoms with Crippen molar-refractivity contribution in [1.82, 2.24) is 39.7 Å². The lowest BCUT2D eigenvalue weighted by atomic mass is 9.89. The van der Waals surface area contributed by atoms with E-state index in [4.69, 9.17) is 0 Å². The first-order valence-electron chi connectivity index (χ1n) is 12.2. The Morgan fingerprint density at radius 1 is 0.806 bits per heavy atom. The second-order valence-electron chi connectivity index (χ2n) is 12.6. The van der Waals surface area contributed by atoms with E-state index in [1.54, 1.807) is 23.4 Å². The highest BCUT2D eigenvalue weighted by molar-refractivity contribution is 6.01. The number of nitrogens with one attached hydrogen (secondary N) is 1. The monoisotopic (exact) mass is 498 g/mol. The van der Waals surface area contributed by atoms with Crippen molar-refractivity contribution in [2.45, 2.75) is 106 Å². The Balaban J connectivity index is 0.000000240. The van der Waals surface area contributed by atoms with Gasteiger partial charge in [0, 0.05) is 53.8 Å². The van der Waals surface area contributed by atoms with Gasteiger partial charge in [0.05, 0.1) is 17.6 Å². The number of tetrazole rings is 1. The molecule has 3 aromatic heterocycles. The van der Waals surface area contributed by atoms with E-state index in [0.29, 0.717) is 0 Å². The van der Waals surface area contributed by atoms with Crippen LogP contribution in [0.15, 0.2) is 47.6 Å². The maximum absolute atomic E-state index is 4.13. The number of aromatic amines is 1. The molecule has 4 heterocycles. The smallest absolute Gasteiger partial charge is 0.138 e. The molecular formula is C26H46N10. The summed E-state index contributed by atoms with van der Waals surface area (Å²) in [6.45, 7) is 25.4. The van der Waals surface area contributed by atoms with Crippen LogP contribution >= 0.6 is 0 Å². The number of rotatable bonds is 0. The second-order valence-corrected chi connectivity index (χ2v) is 12.6. The topological polar surface area (TPSA) is 115 Å². The highest BCUT2D eigenvalue weighted by Gasteiger charge is 2.19. The summed E-state index contributed by atoms with van der Waals surface area (Å²) in [7, 11) is 0. The van der Waals surface area contributed by atoms with Gasteiger partial charge in [-0.25, -0.2) is 14.6 Å². The van der Waals surface area contributed by atoms with Crippen molar-refractivity contribution >= 4 is 11.9 Å². The van der Waals surface area contributed by atoms with Crippen LogP contribution in [-0.2, 0) is 16.5 Å². The molecule has 0 radical (unpaired) electrons. The Bertz CT molecular complexity index is 911. The highest BCUT2D eigenvalue weighted by Crippen LogP contribution is 2.20. The van der Waals surface area contributed by atoms with E-state index in [-0.39, 0.29) is 21.9 Å². The van der Waals surface area contributed by atoms with Gasteiger partial charge in [0.2, 0.25) is 0 Å². The molecule has 10 nitrogen and oxygen atoms in total. The van der Waals surface area contributed by atoms with Gasteiger partial charge >= 0.3 is 0 Å². The molecule has 0 spiro atoms. The van der Waals surface area contributed by atoms with E-state index in [2.05, 4.69) is 108 Å². The zero-order valence-corrected chi connectivity index (χ0v) is 24.3. The van der Waals surface area contributed by atoms with Crippen LogP contribution in [0.25, 0.3) is 0 Å². The van der Waals surface area contributed by atoms with Gasteiger partial charge in [0.15, 0.2) is 0 Å². The number of imidazole rings is 2. The number of H-pyrrole nitrogens is 1. The van der Waals surface area contributed by atoms with Gasteiger partial charge in [-0.1, -0.05) is 41.5 Å². The lowest BCUT2D eigenvalue weighted by Crippen LogP contribution is -2.22. The minimum atomic E-state index is 0.00347. The number of nitrogens with zero attached hydrogens (tertiary/aromatic N) is 9. The molecule has 0 bridgehead atoms. The normalized spacial score (nSPS) is 13.5. The summed E-state index contributed by atoms with van der Waals surface area (Å²) < 4.78 is 3.79. The third-order valence-electron chi connectivity index (χ3n) is 4.93. The van der Waals surface area contributed by atoms with Crippen molar-refractivity contribution in [2.75, 3.05) is 0 Å². The standard InChI is InChI=1S/3C7H12N2.C5H10N4/c1-7(2,3)9-5-4-8-6-9;1-7(2,3)6-8-4-5-9-6;1-7(2,3)6-4-5-8-9-6;1-5(2,3)9-4-6-7-8-9/h4-6H,1-3H3;4-5H,1-3H3,(H,8,9);5H,4H2,1-3H3;4H,1-3H3. The van der Waals surface area contributed by atoms with E-state index >= 15 is 0 Å². The predicted molar refractivity (Wildman–Crippen MR) is 147 cm³/mol. The van der Waals surface area contributed by atoms with Crippen molar-refractivity contribution in [1.29, 1.82) is 0 Å². The number of hydrogen-bond acceptors (Lipinski definition) is 7. The minimum absolute atomic E-state index is 0.00347. The van der Waals surface area contributed by atoms with Gasteiger partial charge in [-0.3, -0.25) is 0 Å². The predicted octanol–water partition coefficient (Wildman–Crippen LogP) is 5.64. The number of hydrogen-bond donors (Lipinski definition) is 1. The van der Waals surface area contributed by atoms with Crippen molar-refractivity contribution in [3.63, 3.8) is 0 Å². The largest absolute Gasteiger partial charge is 0.348 e. The Hall–Kier alpha value is -3.17. The quantitative estimate of drug-likeness (QED) is 0.431. The molecule has 0 saturated carbocycles. The first-order valence-corrected chi connectivity index (χ1v) is 12.2. The summed E-state index contributed by atoms with van der Waals surface area (Å²) in [5.74, 6) is 1.04.